The smallest absolute Gasteiger partial charge is 0.151 e. The zero-order valence-corrected chi connectivity index (χ0v) is 10.6. The summed E-state index contributed by atoms with van der Waals surface area (Å²) < 4.78 is 22.5. The van der Waals surface area contributed by atoms with Crippen LogP contribution >= 0.6 is 0 Å². The van der Waals surface area contributed by atoms with Gasteiger partial charge in [0, 0.05) is 18.3 Å². The molecule has 0 saturated heterocycles. The molecule has 1 N–H and O–H groups in total. The molecule has 1 aliphatic carbocycles. The van der Waals surface area contributed by atoms with Crippen molar-refractivity contribution in [3.63, 3.8) is 0 Å². The lowest BCUT2D eigenvalue weighted by Gasteiger charge is -2.28. The van der Waals surface area contributed by atoms with E-state index in [-0.39, 0.29) is 11.5 Å². The lowest BCUT2D eigenvalue weighted by atomic mass is 9.81. The molecule has 1 aliphatic rings. The van der Waals surface area contributed by atoms with Gasteiger partial charge in [0.25, 0.3) is 0 Å². The first-order valence-corrected chi connectivity index (χ1v) is 7.79. The van der Waals surface area contributed by atoms with E-state index in [1.807, 2.05) is 0 Å². The Balaban J connectivity index is 2.08. The van der Waals surface area contributed by atoms with E-state index in [4.69, 9.17) is 0 Å². The lowest BCUT2D eigenvalue weighted by molar-refractivity contribution is 0.267. The lowest BCUT2D eigenvalue weighted by Crippen LogP contribution is -2.34. The maximum Gasteiger partial charge on any atom is 0.151 e. The maximum absolute atomic E-state index is 11.2. The summed E-state index contributed by atoms with van der Waals surface area (Å²) in [5.41, 5.74) is 0. The first-order chi connectivity index (χ1) is 7.03. The molecule has 15 heavy (non-hydrogen) atoms. The molecule has 0 aliphatic heterocycles. The minimum absolute atomic E-state index is 0.256. The van der Waals surface area contributed by atoms with Gasteiger partial charge in [0.15, 0.2) is 9.84 Å². The summed E-state index contributed by atoms with van der Waals surface area (Å²) in [6.07, 6.45) is 5.30. The molecule has 3 nitrogen and oxygen atoms in total. The molecule has 1 fully saturated rings. The largest absolute Gasteiger partial charge is 0.313 e. The highest BCUT2D eigenvalue weighted by atomic mass is 32.2. The fraction of sp³-hybridized carbons (Fsp3) is 1.00. The average Bonchev–Trinajstić information content (AvgIpc) is 2.11. The van der Waals surface area contributed by atoms with Gasteiger partial charge in [-0.25, -0.2) is 8.42 Å². The van der Waals surface area contributed by atoms with Crippen molar-refractivity contribution < 1.29 is 8.42 Å². The topological polar surface area (TPSA) is 46.2 Å². The molecule has 0 radical (unpaired) electrons. The highest BCUT2D eigenvalue weighted by Gasteiger charge is 2.19. The van der Waals surface area contributed by atoms with E-state index in [1.165, 1.54) is 25.7 Å². The summed E-state index contributed by atoms with van der Waals surface area (Å²) in [5, 5.41) is 3.29. The van der Waals surface area contributed by atoms with E-state index >= 15 is 0 Å². The second-order valence-corrected chi connectivity index (χ2v) is 7.10. The predicted octanol–water partition coefficient (Wildman–Crippen LogP) is 1.59. The van der Waals surface area contributed by atoms with Crippen LogP contribution in [0.5, 0.6) is 0 Å². The van der Waals surface area contributed by atoms with Crippen LogP contribution in [0.4, 0.5) is 0 Å². The molecule has 0 aromatic heterocycles. The molecule has 1 atom stereocenters. The fourth-order valence-corrected chi connectivity index (χ4v) is 2.63. The van der Waals surface area contributed by atoms with E-state index < -0.39 is 9.84 Å². The Morgan fingerprint density at radius 2 is 2.07 bits per heavy atom. The van der Waals surface area contributed by atoms with E-state index in [0.717, 1.165) is 5.92 Å². The van der Waals surface area contributed by atoms with E-state index in [2.05, 4.69) is 12.2 Å². The minimum atomic E-state index is -2.80. The van der Waals surface area contributed by atoms with Gasteiger partial charge in [-0.1, -0.05) is 26.2 Å². The summed E-state index contributed by atoms with van der Waals surface area (Å²) in [6, 6.07) is 0.461. The highest BCUT2D eigenvalue weighted by Crippen LogP contribution is 2.30. The van der Waals surface area contributed by atoms with Crippen LogP contribution in [0, 0.1) is 5.92 Å². The molecule has 0 amide bonds. The van der Waals surface area contributed by atoms with Gasteiger partial charge in [-0.15, -0.1) is 0 Å². The van der Waals surface area contributed by atoms with Crippen molar-refractivity contribution >= 4 is 9.84 Å². The predicted molar refractivity (Wildman–Crippen MR) is 63.8 cm³/mol. The van der Waals surface area contributed by atoms with E-state index in [0.29, 0.717) is 12.6 Å². The van der Waals surface area contributed by atoms with Gasteiger partial charge in [0.05, 0.1) is 5.75 Å². The van der Waals surface area contributed by atoms with Crippen molar-refractivity contribution in [2.45, 2.75) is 45.6 Å². The van der Waals surface area contributed by atoms with Crippen molar-refractivity contribution in [2.24, 2.45) is 5.92 Å². The van der Waals surface area contributed by atoms with Crippen molar-refractivity contribution in [2.75, 3.05) is 18.1 Å². The zero-order chi connectivity index (χ0) is 11.3. The minimum Gasteiger partial charge on any atom is -0.313 e. The third-order valence-electron chi connectivity index (χ3n) is 3.26. The highest BCUT2D eigenvalue weighted by molar-refractivity contribution is 7.91. The van der Waals surface area contributed by atoms with Gasteiger partial charge < -0.3 is 5.32 Å². The molecule has 0 aromatic rings. The van der Waals surface area contributed by atoms with E-state index in [1.54, 1.807) is 6.92 Å². The average molecular weight is 233 g/mol. The van der Waals surface area contributed by atoms with Gasteiger partial charge in [-0.05, 0) is 19.3 Å². The Labute approximate surface area is 93.6 Å². The molecule has 1 saturated carbocycles. The third-order valence-corrected chi connectivity index (χ3v) is 4.96. The molecule has 0 aromatic carbocycles. The Hall–Kier alpha value is -0.0900. The summed E-state index contributed by atoms with van der Waals surface area (Å²) in [5.74, 6) is 1.42. The van der Waals surface area contributed by atoms with Crippen molar-refractivity contribution in [1.29, 1.82) is 0 Å². The van der Waals surface area contributed by atoms with Crippen molar-refractivity contribution in [1.82, 2.24) is 5.32 Å². The molecule has 0 heterocycles. The summed E-state index contributed by atoms with van der Waals surface area (Å²) >= 11 is 0. The fourth-order valence-electron chi connectivity index (χ4n) is 1.92. The Kier molecular flexibility index (Phi) is 5.06. The molecule has 90 valence electrons. The van der Waals surface area contributed by atoms with Crippen LogP contribution in [0.3, 0.4) is 0 Å². The molecular formula is C11H23NO2S. The number of nitrogens with one attached hydrogen (secondary N) is 1. The van der Waals surface area contributed by atoms with Crippen molar-refractivity contribution in [3.8, 4) is 0 Å². The van der Waals surface area contributed by atoms with Crippen LogP contribution in [0.15, 0.2) is 0 Å². The van der Waals surface area contributed by atoms with Gasteiger partial charge in [-0.2, -0.15) is 0 Å². The summed E-state index contributed by atoms with van der Waals surface area (Å²) in [6.45, 7) is 4.45. The number of rotatable bonds is 7. The molecule has 1 rings (SSSR count). The first-order valence-electron chi connectivity index (χ1n) is 5.97. The van der Waals surface area contributed by atoms with Gasteiger partial charge in [0.2, 0.25) is 0 Å². The zero-order valence-electron chi connectivity index (χ0n) is 9.83. The van der Waals surface area contributed by atoms with Gasteiger partial charge in [0.1, 0.15) is 0 Å². The van der Waals surface area contributed by atoms with Gasteiger partial charge >= 0.3 is 0 Å². The molecule has 4 heteroatoms. The van der Waals surface area contributed by atoms with Crippen LogP contribution in [-0.2, 0) is 9.84 Å². The molecule has 0 spiro atoms. The number of sulfone groups is 1. The summed E-state index contributed by atoms with van der Waals surface area (Å²) in [4.78, 5) is 0. The monoisotopic (exact) mass is 233 g/mol. The standard InChI is InChI=1S/C11H23NO2S/c1-3-15(13,14)8-7-12-10(2)9-11-5-4-6-11/h10-12H,3-9H2,1-2H3. The molecular weight excluding hydrogens is 210 g/mol. The van der Waals surface area contributed by atoms with E-state index in [9.17, 15) is 8.42 Å². The Morgan fingerprint density at radius 1 is 1.40 bits per heavy atom. The Bertz CT molecular complexity index is 270. The second kappa shape index (κ2) is 5.85. The Morgan fingerprint density at radius 3 is 2.53 bits per heavy atom. The van der Waals surface area contributed by atoms with Crippen LogP contribution in [0.1, 0.15) is 39.5 Å². The quantitative estimate of drug-likeness (QED) is 0.726. The maximum atomic E-state index is 11.2. The summed E-state index contributed by atoms with van der Waals surface area (Å²) in [7, 11) is -2.80. The van der Waals surface area contributed by atoms with Crippen molar-refractivity contribution in [3.05, 3.63) is 0 Å². The van der Waals surface area contributed by atoms with Crippen LogP contribution in [-0.4, -0.2) is 32.5 Å². The molecule has 1 unspecified atom stereocenters. The van der Waals surface area contributed by atoms with Crippen LogP contribution < -0.4 is 5.32 Å². The number of hydrogen-bond acceptors (Lipinski definition) is 3. The normalized spacial score (nSPS) is 19.9. The van der Waals surface area contributed by atoms with Crippen LogP contribution in [0.2, 0.25) is 0 Å². The van der Waals surface area contributed by atoms with Gasteiger partial charge in [-0.3, -0.25) is 0 Å². The first kappa shape index (κ1) is 13.0. The second-order valence-electron chi connectivity index (χ2n) is 4.62. The number of hydrogen-bond donors (Lipinski definition) is 1. The third kappa shape index (κ3) is 4.98. The SMILES string of the molecule is CCS(=O)(=O)CCNC(C)CC1CCC1. The van der Waals surface area contributed by atoms with Crippen LogP contribution in [0.25, 0.3) is 0 Å². The molecule has 0 bridgehead atoms.